The summed E-state index contributed by atoms with van der Waals surface area (Å²) in [6.07, 6.45) is 5.63. The molecule has 1 saturated heterocycles. The normalized spacial score (nSPS) is 15.5. The lowest BCUT2D eigenvalue weighted by atomic mass is 10.1. The van der Waals surface area contributed by atoms with Gasteiger partial charge >= 0.3 is 0 Å². The van der Waals surface area contributed by atoms with E-state index in [1.54, 1.807) is 13.4 Å². The molecule has 9 heteroatoms. The largest absolute Gasteiger partial charge is 0.497 e. The van der Waals surface area contributed by atoms with Crippen molar-refractivity contribution in [3.05, 3.63) is 79.3 Å². The highest BCUT2D eigenvalue weighted by Gasteiger charge is 2.27. The number of hydrogen-bond donors (Lipinski definition) is 2. The number of imidazole rings is 1. The fourth-order valence-corrected chi connectivity index (χ4v) is 4.72. The molecule has 1 fully saturated rings. The summed E-state index contributed by atoms with van der Waals surface area (Å²) >= 11 is 0. The summed E-state index contributed by atoms with van der Waals surface area (Å²) < 4.78 is 9.20. The quantitative estimate of drug-likeness (QED) is 0.358. The standard InChI is InChI=1S/C27H27N7O2/c1-36-22-11-9-19(10-12-22)23-13-14-24-26(29-25-16-32(18-28-25)20-6-3-2-4-7-20)30-27(31-34(23)24)33-15-5-8-21(33)17-35/h2-4,6-7,9-14,16,18,21,35H,5,8,15,17H2,1H3,(H,29,30,31). The highest BCUT2D eigenvalue weighted by atomic mass is 16.5. The maximum atomic E-state index is 9.92. The molecule has 1 unspecified atom stereocenters. The number of nitrogens with one attached hydrogen (secondary N) is 1. The number of benzene rings is 2. The van der Waals surface area contributed by atoms with Crippen LogP contribution in [0.1, 0.15) is 12.8 Å². The van der Waals surface area contributed by atoms with E-state index in [9.17, 15) is 5.11 Å². The first-order valence-electron chi connectivity index (χ1n) is 12.0. The van der Waals surface area contributed by atoms with Crippen LogP contribution in [-0.2, 0) is 0 Å². The molecule has 6 rings (SSSR count). The number of methoxy groups -OCH3 is 1. The molecule has 0 saturated carbocycles. The van der Waals surface area contributed by atoms with Crippen molar-refractivity contribution in [2.75, 3.05) is 30.5 Å². The molecule has 1 atom stereocenters. The fraction of sp³-hybridized carbons (Fsp3) is 0.222. The number of hydrogen-bond acceptors (Lipinski definition) is 7. The molecule has 0 aliphatic carbocycles. The number of anilines is 3. The molecule has 2 aromatic carbocycles. The van der Waals surface area contributed by atoms with Gasteiger partial charge in [0, 0.05) is 17.8 Å². The maximum Gasteiger partial charge on any atom is 0.245 e. The van der Waals surface area contributed by atoms with Crippen molar-refractivity contribution >= 4 is 23.1 Å². The van der Waals surface area contributed by atoms with E-state index in [2.05, 4.69) is 15.2 Å². The number of nitrogens with zero attached hydrogens (tertiary/aromatic N) is 6. The van der Waals surface area contributed by atoms with Crippen LogP contribution in [0.3, 0.4) is 0 Å². The molecule has 36 heavy (non-hydrogen) atoms. The highest BCUT2D eigenvalue weighted by molar-refractivity contribution is 5.78. The van der Waals surface area contributed by atoms with E-state index in [4.69, 9.17) is 14.8 Å². The van der Waals surface area contributed by atoms with Crippen molar-refractivity contribution in [3.8, 4) is 22.7 Å². The third-order valence-electron chi connectivity index (χ3n) is 6.61. The molecule has 2 N–H and O–H groups in total. The molecule has 1 aliphatic rings. The average molecular weight is 482 g/mol. The number of rotatable bonds is 7. The first-order valence-corrected chi connectivity index (χ1v) is 12.0. The minimum Gasteiger partial charge on any atom is -0.497 e. The summed E-state index contributed by atoms with van der Waals surface area (Å²) in [6, 6.07) is 22.0. The Morgan fingerprint density at radius 2 is 1.89 bits per heavy atom. The minimum absolute atomic E-state index is 0.00703. The van der Waals surface area contributed by atoms with Crippen molar-refractivity contribution in [3.63, 3.8) is 0 Å². The van der Waals surface area contributed by atoms with Gasteiger partial charge in [-0.2, -0.15) is 4.98 Å². The molecular formula is C27H27N7O2. The second-order valence-electron chi connectivity index (χ2n) is 8.80. The van der Waals surface area contributed by atoms with Gasteiger partial charge in [0.05, 0.1) is 31.6 Å². The number of ether oxygens (including phenoxy) is 1. The molecule has 3 aromatic heterocycles. The first kappa shape index (κ1) is 22.1. The van der Waals surface area contributed by atoms with Gasteiger partial charge in [-0.15, -0.1) is 5.10 Å². The van der Waals surface area contributed by atoms with Gasteiger partial charge in [-0.1, -0.05) is 18.2 Å². The molecule has 9 nitrogen and oxygen atoms in total. The maximum absolute atomic E-state index is 9.92. The summed E-state index contributed by atoms with van der Waals surface area (Å²) in [4.78, 5) is 11.5. The van der Waals surface area contributed by atoms with Gasteiger partial charge in [-0.05, 0) is 61.4 Å². The van der Waals surface area contributed by atoms with Gasteiger partial charge < -0.3 is 24.6 Å². The lowest BCUT2D eigenvalue weighted by Crippen LogP contribution is -2.34. The molecule has 5 aromatic rings. The number of aromatic nitrogens is 5. The van der Waals surface area contributed by atoms with Crippen molar-refractivity contribution < 1.29 is 9.84 Å². The van der Waals surface area contributed by atoms with E-state index >= 15 is 0 Å². The second kappa shape index (κ2) is 9.35. The summed E-state index contributed by atoms with van der Waals surface area (Å²) in [7, 11) is 1.66. The Hall–Kier alpha value is -4.37. The molecule has 0 bridgehead atoms. The van der Waals surface area contributed by atoms with Gasteiger partial charge in [0.25, 0.3) is 0 Å². The molecule has 182 valence electrons. The molecule has 0 spiro atoms. The lowest BCUT2D eigenvalue weighted by Gasteiger charge is -2.23. The molecule has 1 aliphatic heterocycles. The van der Waals surface area contributed by atoms with Gasteiger partial charge in [-0.25, -0.2) is 9.50 Å². The van der Waals surface area contributed by atoms with Crippen LogP contribution in [0.15, 0.2) is 79.3 Å². The summed E-state index contributed by atoms with van der Waals surface area (Å²) in [5.41, 5.74) is 3.81. The van der Waals surface area contributed by atoms with E-state index in [0.29, 0.717) is 17.6 Å². The van der Waals surface area contributed by atoms with E-state index in [0.717, 1.165) is 47.6 Å². The van der Waals surface area contributed by atoms with Gasteiger partial charge in [0.15, 0.2) is 5.82 Å². The van der Waals surface area contributed by atoms with Crippen LogP contribution in [-0.4, -0.2) is 55.6 Å². The van der Waals surface area contributed by atoms with Crippen molar-refractivity contribution in [1.29, 1.82) is 0 Å². The monoisotopic (exact) mass is 481 g/mol. The Morgan fingerprint density at radius 1 is 1.06 bits per heavy atom. The third-order valence-corrected chi connectivity index (χ3v) is 6.61. The smallest absolute Gasteiger partial charge is 0.245 e. The molecular weight excluding hydrogens is 454 g/mol. The zero-order valence-electron chi connectivity index (χ0n) is 20.0. The van der Waals surface area contributed by atoms with Gasteiger partial charge in [0.1, 0.15) is 23.4 Å². The molecule has 4 heterocycles. The summed E-state index contributed by atoms with van der Waals surface area (Å²) in [5, 5.41) is 18.2. The minimum atomic E-state index is 0.00703. The zero-order valence-corrected chi connectivity index (χ0v) is 20.0. The Labute approximate surface area is 208 Å². The zero-order chi connectivity index (χ0) is 24.5. The number of fused-ring (bicyclic) bond motifs is 1. The SMILES string of the molecule is COc1ccc(-c2ccc3c(Nc4cn(-c5ccccc5)cn4)nc(N4CCCC4CO)nn23)cc1. The number of aliphatic hydroxyl groups is 1. The van der Waals surface area contributed by atoms with Crippen molar-refractivity contribution in [1.82, 2.24) is 24.1 Å². The third kappa shape index (κ3) is 4.03. The predicted octanol–water partition coefficient (Wildman–Crippen LogP) is 4.30. The van der Waals surface area contributed by atoms with Crippen molar-refractivity contribution in [2.45, 2.75) is 18.9 Å². The average Bonchev–Trinajstić information content (AvgIpc) is 3.69. The van der Waals surface area contributed by atoms with E-state index in [1.807, 2.05) is 82.0 Å². The topological polar surface area (TPSA) is 92.7 Å². The van der Waals surface area contributed by atoms with Crippen LogP contribution in [0.2, 0.25) is 0 Å². The highest BCUT2D eigenvalue weighted by Crippen LogP contribution is 2.31. The van der Waals surface area contributed by atoms with Gasteiger partial charge in [0.2, 0.25) is 5.95 Å². The Morgan fingerprint density at radius 3 is 2.67 bits per heavy atom. The van der Waals surface area contributed by atoms with E-state index in [1.165, 1.54) is 0 Å². The van der Waals surface area contributed by atoms with E-state index in [-0.39, 0.29) is 12.6 Å². The number of aliphatic hydroxyl groups excluding tert-OH is 1. The van der Waals surface area contributed by atoms with Crippen LogP contribution in [0.5, 0.6) is 5.75 Å². The van der Waals surface area contributed by atoms with E-state index < -0.39 is 0 Å². The van der Waals surface area contributed by atoms with Crippen LogP contribution >= 0.6 is 0 Å². The fourth-order valence-electron chi connectivity index (χ4n) is 4.72. The van der Waals surface area contributed by atoms with Crippen LogP contribution < -0.4 is 15.0 Å². The lowest BCUT2D eigenvalue weighted by molar-refractivity contribution is 0.265. The molecule has 0 amide bonds. The molecule has 0 radical (unpaired) electrons. The van der Waals surface area contributed by atoms with Crippen LogP contribution in [0.25, 0.3) is 22.5 Å². The second-order valence-corrected chi connectivity index (χ2v) is 8.80. The van der Waals surface area contributed by atoms with Crippen molar-refractivity contribution in [2.24, 2.45) is 0 Å². The van der Waals surface area contributed by atoms with Gasteiger partial charge in [-0.3, -0.25) is 0 Å². The Balaban J connectivity index is 1.43. The summed E-state index contributed by atoms with van der Waals surface area (Å²) in [5.74, 6) is 2.71. The Kier molecular flexibility index (Phi) is 5.74. The first-order chi connectivity index (χ1) is 17.7. The number of para-hydroxylation sites is 1. The Bertz CT molecular complexity index is 1480. The predicted molar refractivity (Wildman–Crippen MR) is 139 cm³/mol. The van der Waals surface area contributed by atoms with Crippen LogP contribution in [0, 0.1) is 0 Å². The van der Waals surface area contributed by atoms with Crippen LogP contribution in [0.4, 0.5) is 17.6 Å². The summed E-state index contributed by atoms with van der Waals surface area (Å²) in [6.45, 7) is 0.876.